The highest BCUT2D eigenvalue weighted by molar-refractivity contribution is 5.73. The number of carbonyl (C=O) groups is 1. The summed E-state index contributed by atoms with van der Waals surface area (Å²) in [7, 11) is 3.60. The molecule has 1 atom stereocenters. The second-order valence-electron chi connectivity index (χ2n) is 6.60. The van der Waals surface area contributed by atoms with Crippen LogP contribution in [0.4, 0.5) is 4.79 Å². The number of piperidine rings is 1. The number of likely N-dealkylation sites (tertiary alicyclic amines) is 1. The van der Waals surface area contributed by atoms with Gasteiger partial charge >= 0.3 is 6.03 Å². The number of carbonyl (C=O) groups excluding carboxylic acids is 1. The minimum Gasteiger partial charge on any atom is -0.334 e. The average molecular weight is 297 g/mol. The Kier molecular flexibility index (Phi) is 9.48. The van der Waals surface area contributed by atoms with Crippen molar-refractivity contribution < 1.29 is 4.79 Å². The zero-order valence-corrected chi connectivity index (χ0v) is 14.4. The summed E-state index contributed by atoms with van der Waals surface area (Å²) in [6, 6.07) is 0.371. The third-order valence-electron chi connectivity index (χ3n) is 4.32. The van der Waals surface area contributed by atoms with Crippen LogP contribution in [-0.4, -0.2) is 55.6 Å². The van der Waals surface area contributed by atoms with Crippen molar-refractivity contribution in [2.45, 2.75) is 70.8 Å². The molecule has 0 unspecified atom stereocenters. The van der Waals surface area contributed by atoms with Crippen LogP contribution >= 0.6 is 0 Å². The van der Waals surface area contributed by atoms with E-state index in [4.69, 9.17) is 0 Å². The Bertz CT molecular complexity index is 281. The fraction of sp³-hybridized carbons (Fsp3) is 0.941. The summed E-state index contributed by atoms with van der Waals surface area (Å²) in [6.07, 6.45) is 11.9. The van der Waals surface area contributed by atoms with E-state index >= 15 is 0 Å². The summed E-state index contributed by atoms with van der Waals surface area (Å²) < 4.78 is 0. The van der Waals surface area contributed by atoms with E-state index in [9.17, 15) is 4.79 Å². The summed E-state index contributed by atoms with van der Waals surface area (Å²) in [4.78, 5) is 15.8. The summed E-state index contributed by atoms with van der Waals surface area (Å²) in [5.74, 6) is 0. The summed E-state index contributed by atoms with van der Waals surface area (Å²) in [5.41, 5.74) is 0. The Morgan fingerprint density at radius 1 is 1.14 bits per heavy atom. The second kappa shape index (κ2) is 10.9. The standard InChI is InChI=1S/C17H35N3O/c1-4-5-6-7-8-9-10-13-20-14-11-12-16(15-20)18-17(21)19(2)3/h16H,4-15H2,1-3H3,(H,18,21)/t16-/m1/s1. The van der Waals surface area contributed by atoms with Crippen LogP contribution in [0, 0.1) is 0 Å². The van der Waals surface area contributed by atoms with Gasteiger partial charge < -0.3 is 15.1 Å². The predicted molar refractivity (Wildman–Crippen MR) is 89.7 cm³/mol. The van der Waals surface area contributed by atoms with Gasteiger partial charge in [0.1, 0.15) is 0 Å². The number of nitrogens with one attached hydrogen (secondary N) is 1. The molecule has 1 fully saturated rings. The fourth-order valence-corrected chi connectivity index (χ4v) is 2.97. The van der Waals surface area contributed by atoms with Gasteiger partial charge in [0, 0.05) is 26.7 Å². The number of rotatable bonds is 9. The normalized spacial score (nSPS) is 19.5. The molecular formula is C17H35N3O. The maximum absolute atomic E-state index is 11.7. The molecule has 0 aromatic carbocycles. The molecule has 1 saturated heterocycles. The first-order valence-electron chi connectivity index (χ1n) is 8.83. The molecule has 0 bridgehead atoms. The molecule has 0 saturated carbocycles. The van der Waals surface area contributed by atoms with E-state index < -0.39 is 0 Å². The molecule has 1 aliphatic heterocycles. The summed E-state index contributed by atoms with van der Waals surface area (Å²) >= 11 is 0. The van der Waals surface area contributed by atoms with Crippen molar-refractivity contribution in [3.05, 3.63) is 0 Å². The second-order valence-corrected chi connectivity index (χ2v) is 6.60. The van der Waals surface area contributed by atoms with Crippen molar-refractivity contribution in [3.63, 3.8) is 0 Å². The first kappa shape index (κ1) is 18.3. The lowest BCUT2D eigenvalue weighted by Crippen LogP contribution is -2.50. The minimum atomic E-state index is 0.0396. The van der Waals surface area contributed by atoms with Crippen LogP contribution in [0.3, 0.4) is 0 Å². The lowest BCUT2D eigenvalue weighted by atomic mass is 10.0. The van der Waals surface area contributed by atoms with Gasteiger partial charge in [-0.3, -0.25) is 0 Å². The smallest absolute Gasteiger partial charge is 0.317 e. The molecule has 0 aliphatic carbocycles. The van der Waals surface area contributed by atoms with Crippen molar-refractivity contribution in [1.82, 2.24) is 15.1 Å². The zero-order chi connectivity index (χ0) is 15.5. The highest BCUT2D eigenvalue weighted by Gasteiger charge is 2.21. The number of urea groups is 1. The van der Waals surface area contributed by atoms with Crippen LogP contribution in [0.25, 0.3) is 0 Å². The van der Waals surface area contributed by atoms with Gasteiger partial charge in [-0.05, 0) is 32.4 Å². The van der Waals surface area contributed by atoms with Crippen LogP contribution in [0.15, 0.2) is 0 Å². The number of hydrogen-bond donors (Lipinski definition) is 1. The van der Waals surface area contributed by atoms with Crippen LogP contribution in [0.1, 0.15) is 64.7 Å². The van der Waals surface area contributed by atoms with E-state index in [2.05, 4.69) is 17.1 Å². The van der Waals surface area contributed by atoms with E-state index in [0.29, 0.717) is 6.04 Å². The number of amides is 2. The van der Waals surface area contributed by atoms with Crippen molar-refractivity contribution in [2.75, 3.05) is 33.7 Å². The highest BCUT2D eigenvalue weighted by Crippen LogP contribution is 2.13. The van der Waals surface area contributed by atoms with Crippen LogP contribution in [0.2, 0.25) is 0 Å². The van der Waals surface area contributed by atoms with Gasteiger partial charge in [-0.15, -0.1) is 0 Å². The molecule has 21 heavy (non-hydrogen) atoms. The van der Waals surface area contributed by atoms with E-state index in [1.165, 1.54) is 64.5 Å². The number of hydrogen-bond acceptors (Lipinski definition) is 2. The molecular weight excluding hydrogens is 262 g/mol. The van der Waals surface area contributed by atoms with E-state index in [1.807, 2.05) is 0 Å². The first-order valence-corrected chi connectivity index (χ1v) is 8.83. The Labute approximate surface area is 131 Å². The molecule has 0 aromatic rings. The van der Waals surface area contributed by atoms with Crippen LogP contribution in [0.5, 0.6) is 0 Å². The zero-order valence-electron chi connectivity index (χ0n) is 14.4. The maximum atomic E-state index is 11.7. The number of unbranched alkanes of at least 4 members (excludes halogenated alkanes) is 6. The van der Waals surface area contributed by atoms with E-state index in [0.717, 1.165) is 13.0 Å². The Hall–Kier alpha value is -0.770. The molecule has 4 heteroatoms. The van der Waals surface area contributed by atoms with Gasteiger partial charge in [0.25, 0.3) is 0 Å². The quantitative estimate of drug-likeness (QED) is 0.661. The maximum Gasteiger partial charge on any atom is 0.317 e. The Balaban J connectivity index is 2.08. The largest absolute Gasteiger partial charge is 0.334 e. The lowest BCUT2D eigenvalue weighted by Gasteiger charge is -2.33. The molecule has 1 N–H and O–H groups in total. The third kappa shape index (κ3) is 8.30. The molecule has 0 aromatic heterocycles. The van der Waals surface area contributed by atoms with Gasteiger partial charge in [-0.1, -0.05) is 45.4 Å². The summed E-state index contributed by atoms with van der Waals surface area (Å²) in [6.45, 7) is 5.68. The summed E-state index contributed by atoms with van der Waals surface area (Å²) in [5, 5.41) is 3.12. The fourth-order valence-electron chi connectivity index (χ4n) is 2.97. The van der Waals surface area contributed by atoms with Gasteiger partial charge in [-0.25, -0.2) is 4.79 Å². The topological polar surface area (TPSA) is 35.6 Å². The Morgan fingerprint density at radius 2 is 1.81 bits per heavy atom. The van der Waals surface area contributed by atoms with Gasteiger partial charge in [0.15, 0.2) is 0 Å². The molecule has 1 heterocycles. The monoisotopic (exact) mass is 297 g/mol. The molecule has 0 spiro atoms. The van der Waals surface area contributed by atoms with Crippen molar-refractivity contribution in [3.8, 4) is 0 Å². The van der Waals surface area contributed by atoms with Crippen molar-refractivity contribution >= 4 is 6.03 Å². The van der Waals surface area contributed by atoms with Crippen molar-refractivity contribution in [2.24, 2.45) is 0 Å². The predicted octanol–water partition coefficient (Wildman–Crippen LogP) is 3.47. The van der Waals surface area contributed by atoms with Crippen LogP contribution < -0.4 is 5.32 Å². The molecule has 4 nitrogen and oxygen atoms in total. The van der Waals surface area contributed by atoms with Gasteiger partial charge in [-0.2, -0.15) is 0 Å². The first-order chi connectivity index (χ1) is 10.1. The van der Waals surface area contributed by atoms with Crippen LogP contribution in [-0.2, 0) is 0 Å². The lowest BCUT2D eigenvalue weighted by molar-refractivity contribution is 0.174. The van der Waals surface area contributed by atoms with Gasteiger partial charge in [0.05, 0.1) is 0 Å². The average Bonchev–Trinajstić information content (AvgIpc) is 2.46. The molecule has 0 radical (unpaired) electrons. The van der Waals surface area contributed by atoms with Gasteiger partial charge in [0.2, 0.25) is 0 Å². The molecule has 1 aliphatic rings. The number of nitrogens with zero attached hydrogens (tertiary/aromatic N) is 2. The third-order valence-corrected chi connectivity index (χ3v) is 4.32. The molecule has 124 valence electrons. The highest BCUT2D eigenvalue weighted by atomic mass is 16.2. The van der Waals surface area contributed by atoms with E-state index in [1.54, 1.807) is 19.0 Å². The Morgan fingerprint density at radius 3 is 2.48 bits per heavy atom. The molecule has 1 rings (SSSR count). The SMILES string of the molecule is CCCCCCCCCN1CCC[C@@H](NC(=O)N(C)C)C1. The van der Waals surface area contributed by atoms with Crippen molar-refractivity contribution in [1.29, 1.82) is 0 Å². The minimum absolute atomic E-state index is 0.0396. The van der Waals surface area contributed by atoms with E-state index in [-0.39, 0.29) is 6.03 Å². The molecule has 2 amide bonds.